The summed E-state index contributed by atoms with van der Waals surface area (Å²) in [5, 5.41) is 3.32. The molecule has 0 amide bonds. The molecule has 0 bridgehead atoms. The summed E-state index contributed by atoms with van der Waals surface area (Å²) >= 11 is 0. The molecule has 2 aliphatic heterocycles. The van der Waals surface area contributed by atoms with E-state index in [1.54, 1.807) is 0 Å². The molecule has 0 aromatic rings. The number of allylic oxidation sites excluding steroid dienone is 4. The van der Waals surface area contributed by atoms with E-state index in [0.717, 1.165) is 50.1 Å². The number of ether oxygens (including phenoxy) is 1. The van der Waals surface area contributed by atoms with Gasteiger partial charge in [-0.15, -0.1) is 0 Å². The zero-order valence-electron chi connectivity index (χ0n) is 9.42. The lowest BCUT2D eigenvalue weighted by atomic mass is 9.81. The van der Waals surface area contributed by atoms with E-state index < -0.39 is 0 Å². The SMILES string of the molecule is O=C1CC2(CCNCC2)OC2=C1C=CCC2. The zero-order valence-corrected chi connectivity index (χ0v) is 9.42. The highest BCUT2D eigenvalue weighted by Gasteiger charge is 2.41. The number of piperidine rings is 1. The summed E-state index contributed by atoms with van der Waals surface area (Å²) in [6.07, 6.45) is 8.39. The lowest BCUT2D eigenvalue weighted by Gasteiger charge is -2.42. The first-order chi connectivity index (χ1) is 7.79. The number of hydrogen-bond donors (Lipinski definition) is 1. The molecule has 2 heterocycles. The van der Waals surface area contributed by atoms with Crippen LogP contribution in [0.15, 0.2) is 23.5 Å². The van der Waals surface area contributed by atoms with Crippen molar-refractivity contribution in [2.75, 3.05) is 13.1 Å². The van der Waals surface area contributed by atoms with Gasteiger partial charge in [-0.3, -0.25) is 4.79 Å². The predicted molar refractivity (Wildman–Crippen MR) is 60.9 cm³/mol. The average Bonchev–Trinajstić information content (AvgIpc) is 2.30. The summed E-state index contributed by atoms with van der Waals surface area (Å²) in [4.78, 5) is 12.1. The van der Waals surface area contributed by atoms with Crippen LogP contribution >= 0.6 is 0 Å². The maximum Gasteiger partial charge on any atom is 0.170 e. The first-order valence-electron chi connectivity index (χ1n) is 6.12. The van der Waals surface area contributed by atoms with E-state index in [-0.39, 0.29) is 11.4 Å². The predicted octanol–water partition coefficient (Wildman–Crippen LogP) is 1.70. The molecule has 0 aromatic heterocycles. The van der Waals surface area contributed by atoms with E-state index in [1.807, 2.05) is 6.08 Å². The number of carbonyl (C=O) groups excluding carboxylic acids is 1. The maximum absolute atomic E-state index is 12.1. The van der Waals surface area contributed by atoms with Crippen molar-refractivity contribution < 1.29 is 9.53 Å². The van der Waals surface area contributed by atoms with Gasteiger partial charge in [-0.25, -0.2) is 0 Å². The second kappa shape index (κ2) is 3.74. The molecule has 3 heteroatoms. The third-order valence-electron chi connectivity index (χ3n) is 3.76. The topological polar surface area (TPSA) is 38.3 Å². The fourth-order valence-corrected chi connectivity index (χ4v) is 2.84. The van der Waals surface area contributed by atoms with Gasteiger partial charge in [0.25, 0.3) is 0 Å². The standard InChI is InChI=1S/C13H17NO2/c15-11-9-13(5-7-14-8-6-13)16-12-4-2-1-3-10(11)12/h1,3,14H,2,4-9H2. The largest absolute Gasteiger partial charge is 0.490 e. The van der Waals surface area contributed by atoms with Crippen molar-refractivity contribution >= 4 is 5.78 Å². The Morgan fingerprint density at radius 1 is 1.31 bits per heavy atom. The molecule has 3 aliphatic rings. The fraction of sp³-hybridized carbons (Fsp3) is 0.615. The number of rotatable bonds is 0. The lowest BCUT2D eigenvalue weighted by Crippen LogP contribution is -2.47. The van der Waals surface area contributed by atoms with Crippen LogP contribution in [0.4, 0.5) is 0 Å². The Hall–Kier alpha value is -1.09. The summed E-state index contributed by atoms with van der Waals surface area (Å²) in [6, 6.07) is 0. The Labute approximate surface area is 95.5 Å². The lowest BCUT2D eigenvalue weighted by molar-refractivity contribution is -0.127. The molecule has 0 radical (unpaired) electrons. The number of ketones is 1. The van der Waals surface area contributed by atoms with Crippen LogP contribution in [-0.4, -0.2) is 24.5 Å². The number of Topliss-reactive ketones (excluding diaryl/α,β-unsaturated/α-hetero) is 1. The smallest absolute Gasteiger partial charge is 0.170 e. The van der Waals surface area contributed by atoms with Gasteiger partial charge in [0.2, 0.25) is 0 Å². The second-order valence-corrected chi connectivity index (χ2v) is 4.91. The normalized spacial score (nSPS) is 27.9. The van der Waals surface area contributed by atoms with Crippen LogP contribution in [0.25, 0.3) is 0 Å². The van der Waals surface area contributed by atoms with Crippen LogP contribution in [0, 0.1) is 0 Å². The second-order valence-electron chi connectivity index (χ2n) is 4.91. The molecule has 0 saturated carbocycles. The molecular weight excluding hydrogens is 202 g/mol. The molecule has 0 unspecified atom stereocenters. The van der Waals surface area contributed by atoms with Gasteiger partial charge in [0.1, 0.15) is 11.4 Å². The highest BCUT2D eigenvalue weighted by molar-refractivity contribution is 6.00. The van der Waals surface area contributed by atoms with Crippen molar-refractivity contribution in [2.24, 2.45) is 0 Å². The Bertz CT molecular complexity index is 375. The van der Waals surface area contributed by atoms with E-state index in [4.69, 9.17) is 4.74 Å². The van der Waals surface area contributed by atoms with Crippen molar-refractivity contribution in [1.82, 2.24) is 5.32 Å². The third-order valence-corrected chi connectivity index (χ3v) is 3.76. The highest BCUT2D eigenvalue weighted by Crippen LogP contribution is 2.39. The zero-order chi connectivity index (χ0) is 11.0. The molecule has 1 fully saturated rings. The van der Waals surface area contributed by atoms with Crippen LogP contribution in [0.1, 0.15) is 32.1 Å². The molecular formula is C13H17NO2. The van der Waals surface area contributed by atoms with Crippen molar-refractivity contribution in [3.05, 3.63) is 23.5 Å². The summed E-state index contributed by atoms with van der Waals surface area (Å²) in [5.41, 5.74) is 0.641. The first kappa shape index (κ1) is 10.1. The van der Waals surface area contributed by atoms with Gasteiger partial charge < -0.3 is 10.1 Å². The van der Waals surface area contributed by atoms with Crippen LogP contribution in [0.3, 0.4) is 0 Å². The summed E-state index contributed by atoms with van der Waals surface area (Å²) in [7, 11) is 0. The maximum atomic E-state index is 12.1. The first-order valence-corrected chi connectivity index (χ1v) is 6.12. The number of nitrogens with one attached hydrogen (secondary N) is 1. The summed E-state index contributed by atoms with van der Waals surface area (Å²) < 4.78 is 6.16. The van der Waals surface area contributed by atoms with E-state index in [9.17, 15) is 4.79 Å². The van der Waals surface area contributed by atoms with Gasteiger partial charge in [-0.2, -0.15) is 0 Å². The Morgan fingerprint density at radius 3 is 2.94 bits per heavy atom. The fourth-order valence-electron chi connectivity index (χ4n) is 2.84. The molecule has 86 valence electrons. The van der Waals surface area contributed by atoms with Gasteiger partial charge in [0.15, 0.2) is 5.78 Å². The molecule has 16 heavy (non-hydrogen) atoms. The Kier molecular flexibility index (Phi) is 2.36. The third kappa shape index (κ3) is 1.59. The van der Waals surface area contributed by atoms with Crippen molar-refractivity contribution in [3.63, 3.8) is 0 Å². The average molecular weight is 219 g/mol. The summed E-state index contributed by atoms with van der Waals surface area (Å²) in [5.74, 6) is 1.22. The van der Waals surface area contributed by atoms with E-state index in [2.05, 4.69) is 11.4 Å². The van der Waals surface area contributed by atoms with Crippen molar-refractivity contribution in [3.8, 4) is 0 Å². The monoisotopic (exact) mass is 219 g/mol. The highest BCUT2D eigenvalue weighted by atomic mass is 16.5. The molecule has 3 rings (SSSR count). The Balaban J connectivity index is 1.90. The van der Waals surface area contributed by atoms with Crippen LogP contribution < -0.4 is 5.32 Å². The molecule has 3 nitrogen and oxygen atoms in total. The van der Waals surface area contributed by atoms with Gasteiger partial charge in [-0.05, 0) is 19.5 Å². The molecule has 1 N–H and O–H groups in total. The van der Waals surface area contributed by atoms with Crippen LogP contribution in [0.2, 0.25) is 0 Å². The molecule has 1 spiro atoms. The van der Waals surface area contributed by atoms with E-state index >= 15 is 0 Å². The van der Waals surface area contributed by atoms with E-state index in [1.165, 1.54) is 0 Å². The summed E-state index contributed by atoms with van der Waals surface area (Å²) in [6.45, 7) is 1.93. The minimum atomic E-state index is -0.188. The van der Waals surface area contributed by atoms with Gasteiger partial charge in [0, 0.05) is 19.3 Å². The number of hydrogen-bond acceptors (Lipinski definition) is 3. The van der Waals surface area contributed by atoms with Gasteiger partial charge >= 0.3 is 0 Å². The van der Waals surface area contributed by atoms with Crippen LogP contribution in [-0.2, 0) is 9.53 Å². The van der Waals surface area contributed by atoms with Crippen LogP contribution in [0.5, 0.6) is 0 Å². The minimum Gasteiger partial charge on any atom is -0.490 e. The van der Waals surface area contributed by atoms with Gasteiger partial charge in [0.05, 0.1) is 12.0 Å². The molecule has 0 atom stereocenters. The van der Waals surface area contributed by atoms with Crippen molar-refractivity contribution in [2.45, 2.75) is 37.7 Å². The molecule has 1 saturated heterocycles. The van der Waals surface area contributed by atoms with Crippen molar-refractivity contribution in [1.29, 1.82) is 0 Å². The number of carbonyl (C=O) groups is 1. The molecule has 0 aromatic carbocycles. The quantitative estimate of drug-likeness (QED) is 0.674. The van der Waals surface area contributed by atoms with Gasteiger partial charge in [-0.1, -0.05) is 12.2 Å². The molecule has 1 aliphatic carbocycles. The Morgan fingerprint density at radius 2 is 2.12 bits per heavy atom. The minimum absolute atomic E-state index is 0.188. The van der Waals surface area contributed by atoms with E-state index in [0.29, 0.717) is 6.42 Å².